The van der Waals surface area contributed by atoms with Gasteiger partial charge in [0.05, 0.1) is 0 Å². The van der Waals surface area contributed by atoms with Crippen molar-refractivity contribution in [3.63, 3.8) is 0 Å². The van der Waals surface area contributed by atoms with E-state index < -0.39 is 0 Å². The summed E-state index contributed by atoms with van der Waals surface area (Å²) in [5.74, 6) is 0. The summed E-state index contributed by atoms with van der Waals surface area (Å²) >= 11 is 0. The van der Waals surface area contributed by atoms with E-state index in [0.717, 1.165) is 55.4 Å². The Morgan fingerprint density at radius 1 is 1.25 bits per heavy atom. The molecule has 4 heteroatoms. The Kier molecular flexibility index (Phi) is 4.79. The standard InChI is InChI=1S/C20H27NO3/c1-4-20(13-22)6-5-7-21(12-20)11-16-10-19(23)24-18-9-15(3)14(2)8-17(16)18/h8-10,22H,4-7,11-13H2,1-3H3. The van der Waals surface area contributed by atoms with Gasteiger partial charge in [-0.2, -0.15) is 0 Å². The number of aliphatic hydroxyl groups excluding tert-OH is 1. The van der Waals surface area contributed by atoms with Crippen molar-refractivity contribution in [3.8, 4) is 0 Å². The van der Waals surface area contributed by atoms with Crippen LogP contribution in [0.25, 0.3) is 11.0 Å². The van der Waals surface area contributed by atoms with E-state index in [1.54, 1.807) is 6.07 Å². The first-order valence-electron chi connectivity index (χ1n) is 8.83. The van der Waals surface area contributed by atoms with Crippen molar-refractivity contribution in [2.24, 2.45) is 5.41 Å². The summed E-state index contributed by atoms with van der Waals surface area (Å²) in [6.07, 6.45) is 3.15. The number of likely N-dealkylation sites (tertiary alicyclic amines) is 1. The van der Waals surface area contributed by atoms with Gasteiger partial charge in [0.1, 0.15) is 5.58 Å². The van der Waals surface area contributed by atoms with Crippen LogP contribution in [0.2, 0.25) is 0 Å². The zero-order valence-corrected chi connectivity index (χ0v) is 14.9. The average molecular weight is 329 g/mol. The van der Waals surface area contributed by atoms with E-state index in [1.807, 2.05) is 13.0 Å². The van der Waals surface area contributed by atoms with Crippen LogP contribution in [0, 0.1) is 19.3 Å². The SMILES string of the molecule is CCC1(CO)CCCN(Cc2cc(=O)oc3cc(C)c(C)cc23)C1. The Hall–Kier alpha value is -1.65. The second-order valence-corrected chi connectivity index (χ2v) is 7.35. The van der Waals surface area contributed by atoms with Gasteiger partial charge in [0.25, 0.3) is 0 Å². The van der Waals surface area contributed by atoms with Crippen LogP contribution in [0.4, 0.5) is 0 Å². The van der Waals surface area contributed by atoms with E-state index >= 15 is 0 Å². The smallest absolute Gasteiger partial charge is 0.336 e. The van der Waals surface area contributed by atoms with Crippen LogP contribution >= 0.6 is 0 Å². The highest BCUT2D eigenvalue weighted by molar-refractivity contribution is 5.81. The Balaban J connectivity index is 1.95. The van der Waals surface area contributed by atoms with Gasteiger partial charge in [-0.15, -0.1) is 0 Å². The highest BCUT2D eigenvalue weighted by Crippen LogP contribution is 2.34. The van der Waals surface area contributed by atoms with Gasteiger partial charge in [-0.25, -0.2) is 4.79 Å². The largest absolute Gasteiger partial charge is 0.423 e. The molecule has 1 N–H and O–H groups in total. The van der Waals surface area contributed by atoms with Gasteiger partial charge >= 0.3 is 5.63 Å². The number of rotatable bonds is 4. The molecule has 0 aliphatic carbocycles. The maximum absolute atomic E-state index is 12.0. The second kappa shape index (κ2) is 6.69. The first-order valence-corrected chi connectivity index (χ1v) is 8.83. The molecule has 4 nitrogen and oxygen atoms in total. The second-order valence-electron chi connectivity index (χ2n) is 7.35. The van der Waals surface area contributed by atoms with Gasteiger partial charge < -0.3 is 9.52 Å². The predicted octanol–water partition coefficient (Wildman–Crippen LogP) is 3.39. The van der Waals surface area contributed by atoms with Crippen molar-refractivity contribution in [1.29, 1.82) is 0 Å². The molecule has 1 aliphatic rings. The summed E-state index contributed by atoms with van der Waals surface area (Å²) in [6, 6.07) is 5.69. The van der Waals surface area contributed by atoms with E-state index in [4.69, 9.17) is 4.42 Å². The normalized spacial score (nSPS) is 22.2. The molecule has 0 saturated carbocycles. The molecule has 1 aromatic carbocycles. The lowest BCUT2D eigenvalue weighted by Gasteiger charge is -2.41. The van der Waals surface area contributed by atoms with Crippen molar-refractivity contribution in [2.45, 2.75) is 46.6 Å². The third-order valence-corrected chi connectivity index (χ3v) is 5.66. The van der Waals surface area contributed by atoms with Crippen LogP contribution in [0.3, 0.4) is 0 Å². The highest BCUT2D eigenvalue weighted by atomic mass is 16.4. The molecule has 2 aromatic rings. The monoisotopic (exact) mass is 329 g/mol. The number of aryl methyl sites for hydroxylation is 2. The first kappa shape index (κ1) is 17.2. The third kappa shape index (κ3) is 3.26. The molecule has 1 fully saturated rings. The zero-order chi connectivity index (χ0) is 17.3. The molecule has 1 aromatic heterocycles. The molecular weight excluding hydrogens is 302 g/mol. The van der Waals surface area contributed by atoms with Crippen molar-refractivity contribution >= 4 is 11.0 Å². The summed E-state index contributed by atoms with van der Waals surface area (Å²) in [4.78, 5) is 14.3. The van der Waals surface area contributed by atoms with Crippen molar-refractivity contribution in [1.82, 2.24) is 4.90 Å². The summed E-state index contributed by atoms with van der Waals surface area (Å²) in [6.45, 7) is 9.11. The maximum Gasteiger partial charge on any atom is 0.336 e. The van der Waals surface area contributed by atoms with Crippen molar-refractivity contribution in [3.05, 3.63) is 45.3 Å². The van der Waals surface area contributed by atoms with Crippen molar-refractivity contribution < 1.29 is 9.52 Å². The fraction of sp³-hybridized carbons (Fsp3) is 0.550. The Bertz CT molecular complexity index is 789. The summed E-state index contributed by atoms with van der Waals surface area (Å²) in [5.41, 5.74) is 3.73. The molecule has 1 aliphatic heterocycles. The van der Waals surface area contributed by atoms with E-state index in [1.165, 1.54) is 5.56 Å². The Morgan fingerprint density at radius 3 is 2.71 bits per heavy atom. The lowest BCUT2D eigenvalue weighted by Crippen LogP contribution is -2.44. The zero-order valence-electron chi connectivity index (χ0n) is 14.9. The van der Waals surface area contributed by atoms with Crippen molar-refractivity contribution in [2.75, 3.05) is 19.7 Å². The summed E-state index contributed by atoms with van der Waals surface area (Å²) in [5, 5.41) is 10.8. The molecule has 3 rings (SSSR count). The lowest BCUT2D eigenvalue weighted by molar-refractivity contribution is 0.0259. The molecule has 24 heavy (non-hydrogen) atoms. The number of hydrogen-bond donors (Lipinski definition) is 1. The van der Waals surface area contributed by atoms with Crippen LogP contribution in [-0.4, -0.2) is 29.7 Å². The van der Waals surface area contributed by atoms with Gasteiger partial charge in [-0.3, -0.25) is 4.90 Å². The molecule has 1 saturated heterocycles. The number of benzene rings is 1. The maximum atomic E-state index is 12.0. The molecule has 0 bridgehead atoms. The molecular formula is C20H27NO3. The van der Waals surface area contributed by atoms with Gasteiger partial charge in [0.15, 0.2) is 0 Å². The Labute approximate surface area is 143 Å². The summed E-state index contributed by atoms with van der Waals surface area (Å²) in [7, 11) is 0. The number of hydrogen-bond acceptors (Lipinski definition) is 4. The van der Waals surface area contributed by atoms with Gasteiger partial charge in [-0.1, -0.05) is 6.92 Å². The van der Waals surface area contributed by atoms with Crippen LogP contribution in [-0.2, 0) is 6.54 Å². The van der Waals surface area contributed by atoms with E-state index in [0.29, 0.717) is 5.58 Å². The number of fused-ring (bicyclic) bond motifs is 1. The predicted molar refractivity (Wildman–Crippen MR) is 96.3 cm³/mol. The fourth-order valence-corrected chi connectivity index (χ4v) is 3.83. The van der Waals surface area contributed by atoms with E-state index in [9.17, 15) is 9.90 Å². The Morgan fingerprint density at radius 2 is 2.00 bits per heavy atom. The summed E-state index contributed by atoms with van der Waals surface area (Å²) < 4.78 is 5.40. The fourth-order valence-electron chi connectivity index (χ4n) is 3.83. The quantitative estimate of drug-likeness (QED) is 0.874. The van der Waals surface area contributed by atoms with Gasteiger partial charge in [0.2, 0.25) is 0 Å². The third-order valence-electron chi connectivity index (χ3n) is 5.66. The molecule has 130 valence electrons. The number of aliphatic hydroxyl groups is 1. The minimum Gasteiger partial charge on any atom is -0.423 e. The highest BCUT2D eigenvalue weighted by Gasteiger charge is 2.33. The van der Waals surface area contributed by atoms with Gasteiger partial charge in [-0.05, 0) is 68.5 Å². The lowest BCUT2D eigenvalue weighted by atomic mass is 9.78. The number of nitrogens with zero attached hydrogens (tertiary/aromatic N) is 1. The van der Waals surface area contributed by atoms with Crippen LogP contribution in [0.1, 0.15) is 42.9 Å². The first-order chi connectivity index (χ1) is 11.5. The van der Waals surface area contributed by atoms with Gasteiger partial charge in [0, 0.05) is 36.6 Å². The van der Waals surface area contributed by atoms with Crippen LogP contribution in [0.15, 0.2) is 27.4 Å². The van der Waals surface area contributed by atoms with Crippen LogP contribution in [0.5, 0.6) is 0 Å². The van der Waals surface area contributed by atoms with E-state index in [2.05, 4.69) is 24.8 Å². The number of piperidine rings is 1. The molecule has 1 unspecified atom stereocenters. The molecule has 0 radical (unpaired) electrons. The van der Waals surface area contributed by atoms with E-state index in [-0.39, 0.29) is 17.6 Å². The van der Waals surface area contributed by atoms with Crippen LogP contribution < -0.4 is 5.63 Å². The molecule has 2 heterocycles. The minimum absolute atomic E-state index is 0.00000832. The minimum atomic E-state index is -0.290. The average Bonchev–Trinajstić information content (AvgIpc) is 2.57. The molecule has 0 amide bonds. The molecule has 1 atom stereocenters. The topological polar surface area (TPSA) is 53.7 Å². The molecule has 0 spiro atoms.